The van der Waals surface area contributed by atoms with Crippen LogP contribution in [0.2, 0.25) is 0 Å². The van der Waals surface area contributed by atoms with Crippen molar-refractivity contribution in [3.8, 4) is 10.6 Å². The molecule has 1 fully saturated rings. The lowest BCUT2D eigenvalue weighted by Gasteiger charge is -2.31. The number of hydrogen-bond acceptors (Lipinski definition) is 5. The van der Waals surface area contributed by atoms with E-state index in [4.69, 9.17) is 0 Å². The third kappa shape index (κ3) is 4.38. The largest absolute Gasteiger partial charge is 0.416 e. The third-order valence-corrected chi connectivity index (χ3v) is 5.48. The summed E-state index contributed by atoms with van der Waals surface area (Å²) < 4.78 is 38.0. The minimum Gasteiger partial charge on any atom is -0.391 e. The van der Waals surface area contributed by atoms with Gasteiger partial charge in [-0.1, -0.05) is 12.1 Å². The Balaban J connectivity index is 1.78. The van der Waals surface area contributed by atoms with Gasteiger partial charge in [-0.2, -0.15) is 13.2 Å². The predicted molar refractivity (Wildman–Crippen MR) is 91.2 cm³/mol. The van der Waals surface area contributed by atoms with Crippen LogP contribution >= 0.6 is 11.3 Å². The number of piperazine rings is 1. The van der Waals surface area contributed by atoms with Crippen molar-refractivity contribution in [3.05, 3.63) is 40.4 Å². The maximum absolute atomic E-state index is 12.7. The van der Waals surface area contributed by atoms with E-state index in [0.717, 1.165) is 48.9 Å². The Morgan fingerprint density at radius 3 is 2.32 bits per heavy atom. The molecule has 4 nitrogen and oxygen atoms in total. The Labute approximate surface area is 148 Å². The summed E-state index contributed by atoms with van der Waals surface area (Å²) in [7, 11) is 2.09. The molecule has 8 heteroatoms. The summed E-state index contributed by atoms with van der Waals surface area (Å²) in [6, 6.07) is 5.00. The smallest absolute Gasteiger partial charge is 0.391 e. The first-order valence-electron chi connectivity index (χ1n) is 8.05. The van der Waals surface area contributed by atoms with Gasteiger partial charge in [0.1, 0.15) is 5.01 Å². The summed E-state index contributed by atoms with van der Waals surface area (Å²) in [5.74, 6) is 0. The van der Waals surface area contributed by atoms with Crippen LogP contribution in [0.4, 0.5) is 13.2 Å². The summed E-state index contributed by atoms with van der Waals surface area (Å²) in [5, 5.41) is 10.2. The van der Waals surface area contributed by atoms with E-state index in [1.165, 1.54) is 23.5 Å². The third-order valence-electron chi connectivity index (χ3n) is 4.35. The van der Waals surface area contributed by atoms with Crippen LogP contribution in [0.25, 0.3) is 10.6 Å². The Kier molecular flexibility index (Phi) is 5.43. The average Bonchev–Trinajstić information content (AvgIpc) is 2.99. The van der Waals surface area contributed by atoms with Crippen molar-refractivity contribution in [1.29, 1.82) is 0 Å². The van der Waals surface area contributed by atoms with Gasteiger partial charge in [-0.25, -0.2) is 4.98 Å². The fourth-order valence-corrected chi connectivity index (χ4v) is 3.71. The molecule has 1 N–H and O–H groups in total. The number of benzene rings is 1. The van der Waals surface area contributed by atoms with E-state index < -0.39 is 11.7 Å². The minimum atomic E-state index is -4.34. The molecule has 0 unspecified atom stereocenters. The zero-order chi connectivity index (χ0) is 18.0. The highest BCUT2D eigenvalue weighted by Gasteiger charge is 2.30. The van der Waals surface area contributed by atoms with E-state index >= 15 is 0 Å². The second-order valence-corrected chi connectivity index (χ2v) is 7.29. The summed E-state index contributed by atoms with van der Waals surface area (Å²) >= 11 is 1.34. The highest BCUT2D eigenvalue weighted by Crippen LogP contribution is 2.33. The van der Waals surface area contributed by atoms with Gasteiger partial charge in [0.25, 0.3) is 0 Å². The molecule has 0 atom stereocenters. The topological polar surface area (TPSA) is 39.6 Å². The molecule has 2 heterocycles. The SMILES string of the molecule is CN1CCN(Cc2nc(-c3ccc(C(F)(F)F)cc3)sc2CO)CC1. The normalized spacial score (nSPS) is 17.2. The van der Waals surface area contributed by atoms with Crippen molar-refractivity contribution >= 4 is 11.3 Å². The first-order chi connectivity index (χ1) is 11.9. The van der Waals surface area contributed by atoms with Crippen LogP contribution < -0.4 is 0 Å². The summed E-state index contributed by atoms with van der Waals surface area (Å²) in [6.45, 7) is 4.40. The zero-order valence-electron chi connectivity index (χ0n) is 13.9. The minimum absolute atomic E-state index is 0.110. The number of aliphatic hydroxyl groups excluding tert-OH is 1. The first kappa shape index (κ1) is 18.3. The molecular formula is C17H20F3N3OS. The number of aromatic nitrogens is 1. The molecule has 0 amide bonds. The van der Waals surface area contributed by atoms with Gasteiger partial charge in [-0.15, -0.1) is 11.3 Å². The average molecular weight is 371 g/mol. The number of alkyl halides is 3. The number of rotatable bonds is 4. The molecule has 0 bridgehead atoms. The zero-order valence-corrected chi connectivity index (χ0v) is 14.7. The van der Waals surface area contributed by atoms with Crippen LogP contribution in [-0.2, 0) is 19.3 Å². The molecular weight excluding hydrogens is 351 g/mol. The van der Waals surface area contributed by atoms with Crippen LogP contribution in [0.5, 0.6) is 0 Å². The van der Waals surface area contributed by atoms with Crippen molar-refractivity contribution < 1.29 is 18.3 Å². The maximum atomic E-state index is 12.7. The number of thiazole rings is 1. The Hall–Kier alpha value is -1.48. The molecule has 0 aliphatic carbocycles. The molecule has 0 spiro atoms. The van der Waals surface area contributed by atoms with Gasteiger partial charge >= 0.3 is 6.18 Å². The second-order valence-electron chi connectivity index (χ2n) is 6.20. The number of nitrogens with zero attached hydrogens (tertiary/aromatic N) is 3. The van der Waals surface area contributed by atoms with Gasteiger partial charge in [0, 0.05) is 38.3 Å². The fourth-order valence-electron chi connectivity index (χ4n) is 2.77. The van der Waals surface area contributed by atoms with E-state index in [-0.39, 0.29) is 6.61 Å². The van der Waals surface area contributed by atoms with E-state index in [1.807, 2.05) is 0 Å². The Bertz CT molecular complexity index is 707. The van der Waals surface area contributed by atoms with Gasteiger partial charge in [0.15, 0.2) is 0 Å². The highest BCUT2D eigenvalue weighted by atomic mass is 32.1. The molecule has 1 aromatic carbocycles. The number of hydrogen-bond donors (Lipinski definition) is 1. The number of likely N-dealkylation sites (N-methyl/N-ethyl adjacent to an activating group) is 1. The summed E-state index contributed by atoms with van der Waals surface area (Å²) in [4.78, 5) is 9.89. The number of aliphatic hydroxyl groups is 1. The maximum Gasteiger partial charge on any atom is 0.416 e. The molecule has 1 aliphatic heterocycles. The van der Waals surface area contributed by atoms with Crippen LogP contribution in [0.3, 0.4) is 0 Å². The Morgan fingerprint density at radius 1 is 1.12 bits per heavy atom. The predicted octanol–water partition coefficient (Wildman–Crippen LogP) is 3.07. The molecule has 1 aliphatic rings. The summed E-state index contributed by atoms with van der Waals surface area (Å²) in [6.07, 6.45) is -4.34. The monoisotopic (exact) mass is 371 g/mol. The lowest BCUT2D eigenvalue weighted by atomic mass is 10.1. The van der Waals surface area contributed by atoms with Crippen LogP contribution in [-0.4, -0.2) is 53.1 Å². The van der Waals surface area contributed by atoms with Crippen LogP contribution in [0.1, 0.15) is 16.1 Å². The van der Waals surface area contributed by atoms with Gasteiger partial charge in [0.2, 0.25) is 0 Å². The molecule has 25 heavy (non-hydrogen) atoms. The fraction of sp³-hybridized carbons (Fsp3) is 0.471. The molecule has 3 rings (SSSR count). The van der Waals surface area contributed by atoms with Gasteiger partial charge in [0.05, 0.1) is 22.7 Å². The molecule has 0 radical (unpaired) electrons. The molecule has 2 aromatic rings. The van der Waals surface area contributed by atoms with Crippen molar-refractivity contribution in [2.45, 2.75) is 19.3 Å². The van der Waals surface area contributed by atoms with Gasteiger partial charge < -0.3 is 10.0 Å². The van der Waals surface area contributed by atoms with E-state index in [1.54, 1.807) is 0 Å². The van der Waals surface area contributed by atoms with Gasteiger partial charge in [-0.3, -0.25) is 4.90 Å². The molecule has 136 valence electrons. The standard InChI is InChI=1S/C17H20F3N3OS/c1-22-6-8-23(9-7-22)10-14-15(11-24)25-16(21-14)12-2-4-13(5-3-12)17(18,19)20/h2-5,24H,6-11H2,1H3. The van der Waals surface area contributed by atoms with Crippen molar-refractivity contribution in [2.24, 2.45) is 0 Å². The second kappa shape index (κ2) is 7.41. The molecule has 0 saturated carbocycles. The van der Waals surface area contributed by atoms with Crippen LogP contribution in [0, 0.1) is 0 Å². The molecule has 1 aromatic heterocycles. The lowest BCUT2D eigenvalue weighted by molar-refractivity contribution is -0.137. The van der Waals surface area contributed by atoms with E-state index in [2.05, 4.69) is 21.8 Å². The van der Waals surface area contributed by atoms with Crippen LogP contribution in [0.15, 0.2) is 24.3 Å². The van der Waals surface area contributed by atoms with E-state index in [9.17, 15) is 18.3 Å². The molecule has 1 saturated heterocycles. The number of halogens is 3. The van der Waals surface area contributed by atoms with Crippen molar-refractivity contribution in [1.82, 2.24) is 14.8 Å². The Morgan fingerprint density at radius 2 is 1.76 bits per heavy atom. The quantitative estimate of drug-likeness (QED) is 0.897. The van der Waals surface area contributed by atoms with Crippen molar-refractivity contribution in [2.75, 3.05) is 33.2 Å². The first-order valence-corrected chi connectivity index (χ1v) is 8.86. The lowest BCUT2D eigenvalue weighted by Crippen LogP contribution is -2.44. The van der Waals surface area contributed by atoms with Crippen molar-refractivity contribution in [3.63, 3.8) is 0 Å². The summed E-state index contributed by atoms with van der Waals surface area (Å²) in [5.41, 5.74) is 0.775. The van der Waals surface area contributed by atoms with E-state index in [0.29, 0.717) is 17.1 Å². The van der Waals surface area contributed by atoms with Gasteiger partial charge in [-0.05, 0) is 19.2 Å². The highest BCUT2D eigenvalue weighted by molar-refractivity contribution is 7.15.